The van der Waals surface area contributed by atoms with E-state index in [0.717, 1.165) is 17.7 Å². The lowest BCUT2D eigenvalue weighted by atomic mass is 9.95. The second-order valence-corrected chi connectivity index (χ2v) is 7.08. The summed E-state index contributed by atoms with van der Waals surface area (Å²) in [5.41, 5.74) is -0.443. The molecule has 2 aliphatic heterocycles. The molecule has 1 atom stereocenters. The second-order valence-electron chi connectivity index (χ2n) is 5.83. The highest BCUT2D eigenvalue weighted by atomic mass is 32.1. The molecule has 7 heteroatoms. The highest BCUT2D eigenvalue weighted by Gasteiger charge is 2.42. The molecule has 3 heterocycles. The SMILES string of the molecule is COc1cc(C)sc1C(=O)N1CCC[C@]2(CC1)CNC(=O)O2. The van der Waals surface area contributed by atoms with Crippen LogP contribution in [0.25, 0.3) is 0 Å². The van der Waals surface area contributed by atoms with E-state index in [2.05, 4.69) is 5.32 Å². The van der Waals surface area contributed by atoms with Crippen LogP contribution in [0.4, 0.5) is 4.79 Å². The van der Waals surface area contributed by atoms with Crippen LogP contribution in [0.2, 0.25) is 0 Å². The summed E-state index contributed by atoms with van der Waals surface area (Å²) < 4.78 is 10.7. The van der Waals surface area contributed by atoms with E-state index in [9.17, 15) is 9.59 Å². The minimum atomic E-state index is -0.443. The smallest absolute Gasteiger partial charge is 0.407 e. The van der Waals surface area contributed by atoms with Gasteiger partial charge < -0.3 is 19.7 Å². The van der Waals surface area contributed by atoms with Crippen LogP contribution < -0.4 is 10.1 Å². The normalized spacial score (nSPS) is 24.8. The number of likely N-dealkylation sites (tertiary alicyclic amines) is 1. The quantitative estimate of drug-likeness (QED) is 0.905. The molecule has 0 unspecified atom stereocenters. The Hall–Kier alpha value is -1.76. The molecule has 2 fully saturated rings. The molecular formula is C15H20N2O4S. The third-order valence-corrected chi connectivity index (χ3v) is 5.30. The first-order valence-corrected chi connectivity index (χ1v) is 8.25. The topological polar surface area (TPSA) is 67.9 Å². The van der Waals surface area contributed by atoms with Gasteiger partial charge in [0, 0.05) is 24.4 Å². The average Bonchev–Trinajstić information content (AvgIpc) is 2.97. The number of thiophene rings is 1. The highest BCUT2D eigenvalue weighted by Crippen LogP contribution is 2.33. The van der Waals surface area contributed by atoms with E-state index >= 15 is 0 Å². The van der Waals surface area contributed by atoms with Crippen LogP contribution in [-0.4, -0.2) is 49.2 Å². The first-order chi connectivity index (χ1) is 10.5. The Balaban J connectivity index is 1.73. The van der Waals surface area contributed by atoms with Crippen LogP contribution in [0, 0.1) is 6.92 Å². The molecule has 1 aromatic rings. The first-order valence-electron chi connectivity index (χ1n) is 7.43. The van der Waals surface area contributed by atoms with Crippen LogP contribution in [0.3, 0.4) is 0 Å². The molecule has 1 spiro atoms. The van der Waals surface area contributed by atoms with Crippen molar-refractivity contribution < 1.29 is 19.1 Å². The Labute approximate surface area is 133 Å². The number of aryl methyl sites for hydroxylation is 1. The first kappa shape index (κ1) is 15.1. The molecule has 2 saturated heterocycles. The van der Waals surface area contributed by atoms with Gasteiger partial charge in [0.05, 0.1) is 13.7 Å². The molecule has 2 amide bonds. The summed E-state index contributed by atoms with van der Waals surface area (Å²) in [6, 6.07) is 1.89. The van der Waals surface area contributed by atoms with Gasteiger partial charge in [-0.2, -0.15) is 0 Å². The number of amides is 2. The molecule has 22 heavy (non-hydrogen) atoms. The van der Waals surface area contributed by atoms with Gasteiger partial charge in [-0.3, -0.25) is 4.79 Å². The third-order valence-electron chi connectivity index (χ3n) is 4.28. The van der Waals surface area contributed by atoms with E-state index in [0.29, 0.717) is 36.7 Å². The van der Waals surface area contributed by atoms with Crippen LogP contribution in [-0.2, 0) is 4.74 Å². The van der Waals surface area contributed by atoms with Crippen LogP contribution >= 0.6 is 11.3 Å². The maximum Gasteiger partial charge on any atom is 0.407 e. The van der Waals surface area contributed by atoms with Crippen molar-refractivity contribution in [3.8, 4) is 5.75 Å². The van der Waals surface area contributed by atoms with E-state index in [1.807, 2.05) is 17.9 Å². The molecule has 0 bridgehead atoms. The number of ether oxygens (including phenoxy) is 2. The van der Waals surface area contributed by atoms with Crippen LogP contribution in [0.15, 0.2) is 6.07 Å². The largest absolute Gasteiger partial charge is 0.495 e. The van der Waals surface area contributed by atoms with Gasteiger partial charge in [0.2, 0.25) is 0 Å². The van der Waals surface area contributed by atoms with Gasteiger partial charge in [-0.05, 0) is 25.8 Å². The number of hydrogen-bond donors (Lipinski definition) is 1. The number of alkyl carbamates (subject to hydrolysis) is 1. The Bertz CT molecular complexity index is 600. The van der Waals surface area contributed by atoms with Gasteiger partial charge in [0.1, 0.15) is 16.2 Å². The van der Waals surface area contributed by atoms with E-state index < -0.39 is 5.60 Å². The average molecular weight is 324 g/mol. The molecule has 120 valence electrons. The van der Waals surface area contributed by atoms with E-state index in [1.54, 1.807) is 7.11 Å². The molecule has 0 aliphatic carbocycles. The molecule has 3 rings (SSSR count). The Morgan fingerprint density at radius 1 is 1.45 bits per heavy atom. The Kier molecular flexibility index (Phi) is 3.99. The minimum Gasteiger partial charge on any atom is -0.495 e. The standard InChI is InChI=1S/C15H20N2O4S/c1-10-8-11(20-2)12(22-10)13(18)17-6-3-4-15(5-7-17)9-16-14(19)21-15/h8H,3-7,9H2,1-2H3,(H,16,19)/t15-/m0/s1. The second kappa shape index (κ2) is 5.79. The van der Waals surface area contributed by atoms with E-state index in [-0.39, 0.29) is 12.0 Å². The maximum atomic E-state index is 12.7. The summed E-state index contributed by atoms with van der Waals surface area (Å²) in [5, 5.41) is 2.72. The molecule has 1 aromatic heterocycles. The Morgan fingerprint density at radius 2 is 2.27 bits per heavy atom. The summed E-state index contributed by atoms with van der Waals surface area (Å²) >= 11 is 1.46. The van der Waals surface area contributed by atoms with Gasteiger partial charge in [-0.1, -0.05) is 0 Å². The lowest BCUT2D eigenvalue weighted by Crippen LogP contribution is -2.36. The van der Waals surface area contributed by atoms with Crippen molar-refractivity contribution in [3.05, 3.63) is 15.8 Å². The predicted molar refractivity (Wildman–Crippen MR) is 82.6 cm³/mol. The lowest BCUT2D eigenvalue weighted by molar-refractivity contribution is 0.0439. The number of nitrogens with zero attached hydrogens (tertiary/aromatic N) is 1. The Morgan fingerprint density at radius 3 is 2.95 bits per heavy atom. The fourth-order valence-electron chi connectivity index (χ4n) is 3.09. The summed E-state index contributed by atoms with van der Waals surface area (Å²) in [4.78, 5) is 27.6. The summed E-state index contributed by atoms with van der Waals surface area (Å²) in [6.45, 7) is 3.77. The molecule has 2 aliphatic rings. The van der Waals surface area contributed by atoms with Crippen molar-refractivity contribution >= 4 is 23.3 Å². The van der Waals surface area contributed by atoms with Gasteiger partial charge in [-0.15, -0.1) is 11.3 Å². The summed E-state index contributed by atoms with van der Waals surface area (Å²) in [5.74, 6) is 0.643. The fourth-order valence-corrected chi connectivity index (χ4v) is 4.03. The van der Waals surface area contributed by atoms with Crippen molar-refractivity contribution in [1.29, 1.82) is 0 Å². The van der Waals surface area contributed by atoms with Crippen molar-refractivity contribution in [2.45, 2.75) is 31.8 Å². The fraction of sp³-hybridized carbons (Fsp3) is 0.600. The van der Waals surface area contributed by atoms with Crippen molar-refractivity contribution in [2.75, 3.05) is 26.7 Å². The van der Waals surface area contributed by atoms with Gasteiger partial charge in [0.15, 0.2) is 0 Å². The highest BCUT2D eigenvalue weighted by molar-refractivity contribution is 7.14. The zero-order chi connectivity index (χ0) is 15.7. The summed E-state index contributed by atoms with van der Waals surface area (Å²) in [6.07, 6.45) is 1.93. The number of hydrogen-bond acceptors (Lipinski definition) is 5. The van der Waals surface area contributed by atoms with Crippen LogP contribution in [0.5, 0.6) is 5.75 Å². The van der Waals surface area contributed by atoms with E-state index in [1.165, 1.54) is 11.3 Å². The molecule has 0 saturated carbocycles. The molecule has 1 N–H and O–H groups in total. The zero-order valence-electron chi connectivity index (χ0n) is 12.8. The number of methoxy groups -OCH3 is 1. The van der Waals surface area contributed by atoms with Gasteiger partial charge in [-0.25, -0.2) is 4.79 Å². The molecule has 0 radical (unpaired) electrons. The molecule has 0 aromatic carbocycles. The van der Waals surface area contributed by atoms with E-state index in [4.69, 9.17) is 9.47 Å². The number of nitrogens with one attached hydrogen (secondary N) is 1. The van der Waals surface area contributed by atoms with Gasteiger partial charge in [0.25, 0.3) is 5.91 Å². The van der Waals surface area contributed by atoms with Crippen molar-refractivity contribution in [1.82, 2.24) is 10.2 Å². The number of rotatable bonds is 2. The maximum absolute atomic E-state index is 12.7. The predicted octanol–water partition coefficient (Wildman–Crippen LogP) is 2.17. The summed E-state index contributed by atoms with van der Waals surface area (Å²) in [7, 11) is 1.58. The van der Waals surface area contributed by atoms with Gasteiger partial charge >= 0.3 is 6.09 Å². The van der Waals surface area contributed by atoms with Crippen molar-refractivity contribution in [3.63, 3.8) is 0 Å². The minimum absolute atomic E-state index is 0.00397. The molecule has 6 nitrogen and oxygen atoms in total. The van der Waals surface area contributed by atoms with Crippen molar-refractivity contribution in [2.24, 2.45) is 0 Å². The zero-order valence-corrected chi connectivity index (χ0v) is 13.6. The molecular weight excluding hydrogens is 304 g/mol. The monoisotopic (exact) mass is 324 g/mol. The number of carbonyl (C=O) groups is 2. The van der Waals surface area contributed by atoms with Crippen LogP contribution in [0.1, 0.15) is 33.8 Å². The third kappa shape index (κ3) is 2.77. The lowest BCUT2D eigenvalue weighted by Gasteiger charge is -2.24. The number of carbonyl (C=O) groups excluding carboxylic acids is 2.